The molecule has 1 fully saturated rings. The quantitative estimate of drug-likeness (QED) is 0.789. The van der Waals surface area contributed by atoms with Crippen molar-refractivity contribution in [1.29, 1.82) is 5.26 Å². The Morgan fingerprint density at radius 1 is 1.13 bits per heavy atom. The first-order chi connectivity index (χ1) is 14.4. The van der Waals surface area contributed by atoms with Crippen LogP contribution in [0, 0.1) is 18.3 Å². The zero-order valence-corrected chi connectivity index (χ0v) is 17.6. The molecule has 30 heavy (non-hydrogen) atoms. The van der Waals surface area contributed by atoms with E-state index in [0.29, 0.717) is 35.8 Å². The fourth-order valence-corrected chi connectivity index (χ4v) is 3.67. The summed E-state index contributed by atoms with van der Waals surface area (Å²) in [5.74, 6) is 0.358. The van der Waals surface area contributed by atoms with Gasteiger partial charge >= 0.3 is 6.09 Å². The van der Waals surface area contributed by atoms with Crippen LogP contribution in [0.3, 0.4) is 0 Å². The van der Waals surface area contributed by atoms with Gasteiger partial charge in [0.2, 0.25) is 0 Å². The lowest BCUT2D eigenvalue weighted by Gasteiger charge is -2.32. The Kier molecular flexibility index (Phi) is 6.73. The molecule has 1 aliphatic rings. The summed E-state index contributed by atoms with van der Waals surface area (Å²) in [7, 11) is 0. The molecule has 0 aromatic heterocycles. The number of hydrogen-bond donors (Lipinski definition) is 1. The van der Waals surface area contributed by atoms with E-state index in [1.807, 2.05) is 42.2 Å². The summed E-state index contributed by atoms with van der Waals surface area (Å²) >= 11 is 0. The monoisotopic (exact) mass is 405 g/mol. The van der Waals surface area contributed by atoms with Crippen LogP contribution >= 0.6 is 0 Å². The molecule has 3 rings (SSSR count). The minimum Gasteiger partial charge on any atom is -0.447 e. The van der Waals surface area contributed by atoms with Gasteiger partial charge in [0.15, 0.2) is 0 Å². The van der Waals surface area contributed by atoms with E-state index in [2.05, 4.69) is 11.4 Å². The SMILES string of the molecule is Cc1ccc(C(=O)N2CCC(c3ccc(C#N)cc3)CC2)cc1NC(=O)OC(C)C. The molecule has 1 N–H and O–H groups in total. The van der Waals surface area contributed by atoms with Gasteiger partial charge in [-0.1, -0.05) is 18.2 Å². The first-order valence-corrected chi connectivity index (χ1v) is 10.2. The molecule has 2 aromatic carbocycles. The number of likely N-dealkylation sites (tertiary alicyclic amines) is 1. The molecule has 0 saturated carbocycles. The second-order valence-electron chi connectivity index (χ2n) is 7.91. The Bertz CT molecular complexity index is 953. The number of aryl methyl sites for hydroxylation is 1. The first-order valence-electron chi connectivity index (χ1n) is 10.2. The van der Waals surface area contributed by atoms with E-state index in [9.17, 15) is 9.59 Å². The highest BCUT2D eigenvalue weighted by atomic mass is 16.6. The molecule has 6 heteroatoms. The highest BCUT2D eigenvalue weighted by molar-refractivity contribution is 5.96. The number of rotatable bonds is 4. The van der Waals surface area contributed by atoms with Crippen molar-refractivity contribution in [2.45, 2.75) is 45.6 Å². The van der Waals surface area contributed by atoms with Gasteiger partial charge in [0.25, 0.3) is 5.91 Å². The summed E-state index contributed by atoms with van der Waals surface area (Å²) in [4.78, 5) is 26.8. The molecular formula is C24H27N3O3. The maximum Gasteiger partial charge on any atom is 0.411 e. The van der Waals surface area contributed by atoms with Crippen LogP contribution in [-0.2, 0) is 4.74 Å². The van der Waals surface area contributed by atoms with E-state index in [0.717, 1.165) is 18.4 Å². The van der Waals surface area contributed by atoms with E-state index in [-0.39, 0.29) is 12.0 Å². The van der Waals surface area contributed by atoms with Gasteiger partial charge in [-0.25, -0.2) is 4.79 Å². The minimum atomic E-state index is -0.527. The fourth-order valence-electron chi connectivity index (χ4n) is 3.67. The number of benzene rings is 2. The number of carbonyl (C=O) groups excluding carboxylic acids is 2. The summed E-state index contributed by atoms with van der Waals surface area (Å²) in [5.41, 5.74) is 3.88. The molecule has 0 unspecified atom stereocenters. The Hall–Kier alpha value is -3.33. The lowest BCUT2D eigenvalue weighted by Crippen LogP contribution is -2.38. The lowest BCUT2D eigenvalue weighted by atomic mass is 9.89. The zero-order valence-electron chi connectivity index (χ0n) is 17.6. The Labute approximate surface area is 177 Å². The number of nitriles is 1. The third-order valence-corrected chi connectivity index (χ3v) is 5.36. The van der Waals surface area contributed by atoms with Crippen LogP contribution in [-0.4, -0.2) is 36.1 Å². The molecular weight excluding hydrogens is 378 g/mol. The van der Waals surface area contributed by atoms with Gasteiger partial charge in [0.1, 0.15) is 0 Å². The predicted octanol–water partition coefficient (Wildman–Crippen LogP) is 4.84. The largest absolute Gasteiger partial charge is 0.447 e. The van der Waals surface area contributed by atoms with Crippen molar-refractivity contribution in [3.05, 3.63) is 64.7 Å². The molecule has 0 aliphatic carbocycles. The number of anilines is 1. The molecule has 0 spiro atoms. The highest BCUT2D eigenvalue weighted by Gasteiger charge is 2.25. The molecule has 6 nitrogen and oxygen atoms in total. The molecule has 1 aliphatic heterocycles. The van der Waals surface area contributed by atoms with Crippen molar-refractivity contribution in [1.82, 2.24) is 4.90 Å². The van der Waals surface area contributed by atoms with E-state index >= 15 is 0 Å². The van der Waals surface area contributed by atoms with E-state index in [4.69, 9.17) is 10.00 Å². The van der Waals surface area contributed by atoms with Crippen LogP contribution in [0.1, 0.15) is 59.7 Å². The second-order valence-corrected chi connectivity index (χ2v) is 7.91. The number of amides is 2. The lowest BCUT2D eigenvalue weighted by molar-refractivity contribution is 0.0713. The van der Waals surface area contributed by atoms with Gasteiger partial charge in [0.05, 0.1) is 17.7 Å². The van der Waals surface area contributed by atoms with Crippen molar-refractivity contribution in [3.8, 4) is 6.07 Å². The van der Waals surface area contributed by atoms with E-state index in [1.165, 1.54) is 5.56 Å². The van der Waals surface area contributed by atoms with E-state index in [1.54, 1.807) is 26.0 Å². The van der Waals surface area contributed by atoms with Crippen molar-refractivity contribution >= 4 is 17.7 Å². The Balaban J connectivity index is 1.63. The Morgan fingerprint density at radius 3 is 2.40 bits per heavy atom. The zero-order chi connectivity index (χ0) is 21.7. The topological polar surface area (TPSA) is 82.4 Å². The average Bonchev–Trinajstić information content (AvgIpc) is 2.74. The summed E-state index contributed by atoms with van der Waals surface area (Å²) in [5, 5.41) is 11.7. The van der Waals surface area contributed by atoms with Gasteiger partial charge < -0.3 is 9.64 Å². The van der Waals surface area contributed by atoms with Gasteiger partial charge in [-0.3, -0.25) is 10.1 Å². The third kappa shape index (κ3) is 5.18. The summed E-state index contributed by atoms with van der Waals surface area (Å²) in [6.45, 7) is 6.80. The standard InChI is InChI=1S/C24H27N3O3/c1-16(2)30-24(29)26-22-14-21(7-4-17(22)3)23(28)27-12-10-20(11-13-27)19-8-5-18(15-25)6-9-19/h4-9,14,16,20H,10-13H2,1-3H3,(H,26,29). The van der Waals surface area contributed by atoms with Crippen LogP contribution in [0.4, 0.5) is 10.5 Å². The van der Waals surface area contributed by atoms with Gasteiger partial charge in [-0.15, -0.1) is 0 Å². The molecule has 156 valence electrons. The minimum absolute atomic E-state index is 0.0337. The van der Waals surface area contributed by atoms with E-state index < -0.39 is 6.09 Å². The number of nitrogens with one attached hydrogen (secondary N) is 1. The highest BCUT2D eigenvalue weighted by Crippen LogP contribution is 2.29. The maximum atomic E-state index is 13.0. The van der Waals surface area contributed by atoms with Crippen LogP contribution in [0.15, 0.2) is 42.5 Å². The average molecular weight is 405 g/mol. The second kappa shape index (κ2) is 9.45. The number of carbonyl (C=O) groups is 2. The van der Waals surface area contributed by atoms with Crippen LogP contribution in [0.25, 0.3) is 0 Å². The van der Waals surface area contributed by atoms with Gasteiger partial charge in [0, 0.05) is 24.3 Å². The van der Waals surface area contributed by atoms with Crippen molar-refractivity contribution in [2.75, 3.05) is 18.4 Å². The number of piperidine rings is 1. The fraction of sp³-hybridized carbons (Fsp3) is 0.375. The third-order valence-electron chi connectivity index (χ3n) is 5.36. The molecule has 0 atom stereocenters. The number of hydrogen-bond acceptors (Lipinski definition) is 4. The molecule has 0 radical (unpaired) electrons. The predicted molar refractivity (Wildman–Crippen MR) is 115 cm³/mol. The van der Waals surface area contributed by atoms with Crippen LogP contribution in [0.5, 0.6) is 0 Å². The van der Waals surface area contributed by atoms with Crippen LogP contribution < -0.4 is 5.32 Å². The van der Waals surface area contributed by atoms with Crippen LogP contribution in [0.2, 0.25) is 0 Å². The number of ether oxygens (including phenoxy) is 1. The molecule has 0 bridgehead atoms. The summed E-state index contributed by atoms with van der Waals surface area (Å²) in [6.07, 6.45) is 1.03. The molecule has 2 amide bonds. The normalized spacial score (nSPS) is 14.3. The van der Waals surface area contributed by atoms with Crippen molar-refractivity contribution < 1.29 is 14.3 Å². The van der Waals surface area contributed by atoms with Crippen molar-refractivity contribution in [2.24, 2.45) is 0 Å². The molecule has 1 heterocycles. The Morgan fingerprint density at radius 2 is 1.80 bits per heavy atom. The van der Waals surface area contributed by atoms with Gasteiger partial charge in [-0.05, 0) is 74.9 Å². The van der Waals surface area contributed by atoms with Crippen molar-refractivity contribution in [3.63, 3.8) is 0 Å². The molecule has 1 saturated heterocycles. The number of nitrogens with zero attached hydrogens (tertiary/aromatic N) is 2. The summed E-state index contributed by atoms with van der Waals surface area (Å²) < 4.78 is 5.13. The first kappa shape index (κ1) is 21.4. The maximum absolute atomic E-state index is 13.0. The molecule has 2 aromatic rings. The smallest absolute Gasteiger partial charge is 0.411 e. The summed E-state index contributed by atoms with van der Waals surface area (Å²) in [6, 6.07) is 15.2. The van der Waals surface area contributed by atoms with Gasteiger partial charge in [-0.2, -0.15) is 5.26 Å².